The van der Waals surface area contributed by atoms with E-state index < -0.39 is 97.5 Å². The van der Waals surface area contributed by atoms with Crippen molar-refractivity contribution in [1.29, 1.82) is 0 Å². The lowest BCUT2D eigenvalue weighted by Crippen LogP contribution is -2.30. The molecule has 0 spiro atoms. The van der Waals surface area contributed by atoms with Crippen LogP contribution in [0.4, 0.5) is 0 Å². The maximum absolute atomic E-state index is 13.1. The van der Waals surface area contributed by atoms with Crippen molar-refractivity contribution in [3.63, 3.8) is 0 Å². The molecule has 0 saturated carbocycles. The molecule has 17 nitrogen and oxygen atoms in total. The molecule has 0 aromatic carbocycles. The molecule has 0 heterocycles. The van der Waals surface area contributed by atoms with Crippen LogP contribution < -0.4 is 0 Å². The fourth-order valence-electron chi connectivity index (χ4n) is 12.1. The highest BCUT2D eigenvalue weighted by atomic mass is 31.2. The first-order valence-corrected chi connectivity index (χ1v) is 43.8. The smallest absolute Gasteiger partial charge is 0.462 e. The summed E-state index contributed by atoms with van der Waals surface area (Å²) in [6.45, 7) is 11.9. The molecule has 582 valence electrons. The lowest BCUT2D eigenvalue weighted by Gasteiger charge is -2.21. The van der Waals surface area contributed by atoms with E-state index in [1.807, 2.05) is 0 Å². The number of hydrogen-bond donors (Lipinski definition) is 3. The second-order valence-electron chi connectivity index (χ2n) is 29.9. The van der Waals surface area contributed by atoms with Crippen LogP contribution in [0.3, 0.4) is 0 Å². The van der Waals surface area contributed by atoms with Crippen LogP contribution in [0.2, 0.25) is 0 Å². The number of aliphatic hydroxyl groups excluding tert-OH is 1. The molecule has 0 saturated heterocycles. The van der Waals surface area contributed by atoms with Crippen molar-refractivity contribution in [1.82, 2.24) is 0 Å². The summed E-state index contributed by atoms with van der Waals surface area (Å²) in [5, 5.41) is 10.6. The van der Waals surface area contributed by atoms with E-state index >= 15 is 0 Å². The van der Waals surface area contributed by atoms with Gasteiger partial charge in [0.25, 0.3) is 0 Å². The first kappa shape index (κ1) is 96.1. The molecule has 0 bridgehead atoms. The maximum Gasteiger partial charge on any atom is 0.472 e. The summed E-state index contributed by atoms with van der Waals surface area (Å²) in [5.41, 5.74) is 0. The fourth-order valence-corrected chi connectivity index (χ4v) is 13.7. The summed E-state index contributed by atoms with van der Waals surface area (Å²) in [7, 11) is -9.92. The monoisotopic (exact) mass is 1440 g/mol. The van der Waals surface area contributed by atoms with Crippen molar-refractivity contribution in [2.45, 2.75) is 426 Å². The zero-order chi connectivity index (χ0) is 72.3. The van der Waals surface area contributed by atoms with Crippen LogP contribution in [0.5, 0.6) is 0 Å². The normalized spacial score (nSPS) is 14.0. The van der Waals surface area contributed by atoms with Gasteiger partial charge in [0.05, 0.1) is 26.4 Å². The number of rotatable bonds is 77. The predicted molar refractivity (Wildman–Crippen MR) is 400 cm³/mol. The average molecular weight is 1440 g/mol. The number of hydrogen-bond acceptors (Lipinski definition) is 15. The zero-order valence-electron chi connectivity index (χ0n) is 64.3. The highest BCUT2D eigenvalue weighted by Crippen LogP contribution is 2.45. The predicted octanol–water partition coefficient (Wildman–Crippen LogP) is 23.4. The Bertz CT molecular complexity index is 1900. The summed E-state index contributed by atoms with van der Waals surface area (Å²) in [6.07, 6.45) is 56.8. The largest absolute Gasteiger partial charge is 0.472 e. The van der Waals surface area contributed by atoms with Crippen molar-refractivity contribution in [3.8, 4) is 0 Å². The van der Waals surface area contributed by atoms with Gasteiger partial charge in [-0.25, -0.2) is 9.13 Å². The van der Waals surface area contributed by atoms with Gasteiger partial charge in [0.15, 0.2) is 12.2 Å². The Balaban J connectivity index is 5.25. The highest BCUT2D eigenvalue weighted by molar-refractivity contribution is 7.47. The Morgan fingerprint density at radius 2 is 0.469 bits per heavy atom. The number of unbranched alkanes of at least 4 members (excludes halogenated alkanes) is 45. The molecular formula is C79H154O17P2. The summed E-state index contributed by atoms with van der Waals surface area (Å²) >= 11 is 0. The summed E-state index contributed by atoms with van der Waals surface area (Å²) < 4.78 is 68.7. The quantitative estimate of drug-likeness (QED) is 0.0222. The summed E-state index contributed by atoms with van der Waals surface area (Å²) in [6, 6.07) is 0. The van der Waals surface area contributed by atoms with E-state index in [1.54, 1.807) is 0 Å². The van der Waals surface area contributed by atoms with E-state index in [0.717, 1.165) is 108 Å². The first-order valence-electron chi connectivity index (χ1n) is 40.8. The first-order chi connectivity index (χ1) is 47.2. The molecule has 0 fully saturated rings. The van der Waals surface area contributed by atoms with Crippen LogP contribution in [-0.4, -0.2) is 96.7 Å². The molecule has 19 heteroatoms. The molecule has 0 rings (SSSR count). The van der Waals surface area contributed by atoms with Crippen molar-refractivity contribution < 1.29 is 80.2 Å². The van der Waals surface area contributed by atoms with Crippen molar-refractivity contribution >= 4 is 39.5 Å². The number of ether oxygens (including phenoxy) is 4. The lowest BCUT2D eigenvalue weighted by atomic mass is 10.0. The maximum atomic E-state index is 13.1. The van der Waals surface area contributed by atoms with E-state index in [2.05, 4.69) is 48.5 Å². The molecule has 2 unspecified atom stereocenters. The van der Waals surface area contributed by atoms with Crippen molar-refractivity contribution in [3.05, 3.63) is 0 Å². The molecule has 0 aliphatic carbocycles. The second-order valence-corrected chi connectivity index (χ2v) is 32.8. The molecule has 0 radical (unpaired) electrons. The van der Waals surface area contributed by atoms with Crippen molar-refractivity contribution in [2.75, 3.05) is 39.6 Å². The molecule has 0 aliphatic rings. The van der Waals surface area contributed by atoms with Gasteiger partial charge in [-0.2, -0.15) is 0 Å². The van der Waals surface area contributed by atoms with E-state index in [9.17, 15) is 43.2 Å². The zero-order valence-corrected chi connectivity index (χ0v) is 66.0. The van der Waals surface area contributed by atoms with Gasteiger partial charge >= 0.3 is 39.5 Å². The third-order valence-electron chi connectivity index (χ3n) is 18.4. The standard InChI is InChI=1S/C79H154O17P2/c1-8-9-10-11-12-13-14-15-21-24-32-39-46-53-60-76(81)89-66-74(95-78(83)62-55-48-41-33-25-22-19-17-16-18-20-23-29-36-43-50-57-70(2)3)68-93-97(85,86)91-64-73(80)65-92-98(87,88)94-69-75(67-90-77(82)61-54-47-40-35-28-31-38-45-52-59-72(6)7)96-79(84)63-56-49-42-34-27-26-30-37-44-51-58-71(4)5/h70-75,80H,8-69H2,1-7H3,(H,85,86)(H,87,88)/t73-,74-,75-/m1/s1. The van der Waals surface area contributed by atoms with Gasteiger partial charge in [0.2, 0.25) is 0 Å². The number of carbonyl (C=O) groups excluding carboxylic acids is 4. The van der Waals surface area contributed by atoms with Gasteiger partial charge in [-0.1, -0.05) is 357 Å². The van der Waals surface area contributed by atoms with Crippen molar-refractivity contribution in [2.24, 2.45) is 17.8 Å². The van der Waals surface area contributed by atoms with Crippen LogP contribution in [-0.2, 0) is 65.4 Å². The van der Waals surface area contributed by atoms with E-state index in [4.69, 9.17) is 37.0 Å². The van der Waals surface area contributed by atoms with Gasteiger partial charge in [-0.05, 0) is 43.4 Å². The highest BCUT2D eigenvalue weighted by Gasteiger charge is 2.30. The van der Waals surface area contributed by atoms with Crippen LogP contribution >= 0.6 is 15.6 Å². The van der Waals surface area contributed by atoms with Crippen LogP contribution in [0.25, 0.3) is 0 Å². The van der Waals surface area contributed by atoms with Gasteiger partial charge in [0, 0.05) is 25.7 Å². The Morgan fingerprint density at radius 3 is 0.694 bits per heavy atom. The Kier molecular flexibility index (Phi) is 68.1. The molecule has 0 aromatic rings. The summed E-state index contributed by atoms with van der Waals surface area (Å²) in [5.74, 6) is 0.192. The minimum atomic E-state index is -4.96. The summed E-state index contributed by atoms with van der Waals surface area (Å²) in [4.78, 5) is 73.0. The molecule has 5 atom stereocenters. The molecular weight excluding hydrogens is 1280 g/mol. The molecule has 98 heavy (non-hydrogen) atoms. The number of phosphoric ester groups is 2. The number of carbonyl (C=O) groups is 4. The number of esters is 4. The van der Waals surface area contributed by atoms with Gasteiger partial charge in [0.1, 0.15) is 19.3 Å². The van der Waals surface area contributed by atoms with Gasteiger partial charge < -0.3 is 33.8 Å². The SMILES string of the molecule is CCCCCCCCCCCCCCCCC(=O)OC[C@H](COP(=O)(O)OC[C@@H](O)COP(=O)(O)OC[C@@H](COC(=O)CCCCCCCCCCCC(C)C)OC(=O)CCCCCCCCCCCCC(C)C)OC(=O)CCCCCCCCCCCCCCCCCCC(C)C. The average Bonchev–Trinajstić information content (AvgIpc) is 0.996. The molecule has 0 amide bonds. The lowest BCUT2D eigenvalue weighted by molar-refractivity contribution is -0.161. The third kappa shape index (κ3) is 72.4. The van der Waals surface area contributed by atoms with E-state index in [1.165, 1.54) is 218 Å². The third-order valence-corrected chi connectivity index (χ3v) is 20.3. The van der Waals surface area contributed by atoms with Crippen LogP contribution in [0.1, 0.15) is 408 Å². The van der Waals surface area contributed by atoms with Crippen LogP contribution in [0.15, 0.2) is 0 Å². The molecule has 0 aliphatic heterocycles. The van der Waals surface area contributed by atoms with E-state index in [0.29, 0.717) is 25.7 Å². The fraction of sp³-hybridized carbons (Fsp3) is 0.949. The number of phosphoric acid groups is 2. The molecule has 3 N–H and O–H groups in total. The topological polar surface area (TPSA) is 237 Å². The second kappa shape index (κ2) is 69.4. The Morgan fingerprint density at radius 1 is 0.276 bits per heavy atom. The van der Waals surface area contributed by atoms with Crippen LogP contribution in [0, 0.1) is 17.8 Å². The van der Waals surface area contributed by atoms with Gasteiger partial charge in [-0.15, -0.1) is 0 Å². The number of aliphatic hydroxyl groups is 1. The van der Waals surface area contributed by atoms with Gasteiger partial charge in [-0.3, -0.25) is 37.3 Å². The minimum absolute atomic E-state index is 0.106. The Labute approximate surface area is 600 Å². The Hall–Kier alpha value is -1.94. The van der Waals surface area contributed by atoms with E-state index in [-0.39, 0.29) is 25.7 Å². The minimum Gasteiger partial charge on any atom is -0.462 e. The molecule has 0 aromatic heterocycles.